The number of amides is 2. The molecular weight excluding hydrogens is 466 g/mol. The number of piperazine rings is 1. The molecule has 0 radical (unpaired) electrons. The van der Waals surface area contributed by atoms with Gasteiger partial charge in [-0.25, -0.2) is 8.42 Å². The molecule has 9 heteroatoms. The van der Waals surface area contributed by atoms with Crippen LogP contribution in [-0.4, -0.2) is 80.7 Å². The van der Waals surface area contributed by atoms with Gasteiger partial charge in [0.05, 0.1) is 18.4 Å². The Labute approximate surface area is 207 Å². The average molecular weight is 500 g/mol. The Balaban J connectivity index is 1.40. The molecular formula is C26H33N3O5S. The molecule has 0 aliphatic carbocycles. The van der Waals surface area contributed by atoms with Crippen LogP contribution in [0.5, 0.6) is 5.75 Å². The molecule has 2 aromatic carbocycles. The monoisotopic (exact) mass is 499 g/mol. The summed E-state index contributed by atoms with van der Waals surface area (Å²) in [5.41, 5.74) is 1.89. The molecule has 2 aliphatic rings. The van der Waals surface area contributed by atoms with E-state index in [2.05, 4.69) is 0 Å². The Kier molecular flexibility index (Phi) is 7.76. The number of carbonyl (C=O) groups is 2. The van der Waals surface area contributed by atoms with Crippen molar-refractivity contribution in [1.29, 1.82) is 0 Å². The van der Waals surface area contributed by atoms with E-state index in [0.717, 1.165) is 24.8 Å². The molecule has 8 nitrogen and oxygen atoms in total. The fraction of sp³-hybridized carbons (Fsp3) is 0.462. The van der Waals surface area contributed by atoms with Gasteiger partial charge in [-0.15, -0.1) is 0 Å². The van der Waals surface area contributed by atoms with E-state index in [9.17, 15) is 18.0 Å². The van der Waals surface area contributed by atoms with E-state index < -0.39 is 10.0 Å². The quantitative estimate of drug-likeness (QED) is 0.610. The first-order chi connectivity index (χ1) is 16.8. The molecule has 2 heterocycles. The summed E-state index contributed by atoms with van der Waals surface area (Å²) in [5.74, 6) is 0.515. The van der Waals surface area contributed by atoms with Crippen LogP contribution in [-0.2, 0) is 21.2 Å². The Bertz CT molecular complexity index is 1180. The van der Waals surface area contributed by atoms with E-state index in [1.807, 2.05) is 24.3 Å². The number of carbonyl (C=O) groups excluding carboxylic acids is 2. The number of hydrogen-bond acceptors (Lipinski definition) is 5. The molecule has 0 atom stereocenters. The number of nitrogens with zero attached hydrogens (tertiary/aromatic N) is 3. The third-order valence-corrected chi connectivity index (χ3v) is 8.82. The number of aryl methyl sites for hydroxylation is 1. The van der Waals surface area contributed by atoms with Gasteiger partial charge in [-0.3, -0.25) is 9.59 Å². The van der Waals surface area contributed by atoms with E-state index in [1.165, 1.54) is 10.4 Å². The van der Waals surface area contributed by atoms with Crippen LogP contribution in [0.25, 0.3) is 0 Å². The van der Waals surface area contributed by atoms with Gasteiger partial charge in [0, 0.05) is 44.8 Å². The van der Waals surface area contributed by atoms with E-state index in [4.69, 9.17) is 4.74 Å². The lowest BCUT2D eigenvalue weighted by molar-refractivity contribution is -0.131. The van der Waals surface area contributed by atoms with Gasteiger partial charge in [0.15, 0.2) is 0 Å². The molecule has 0 unspecified atom stereocenters. The molecule has 0 bridgehead atoms. The first-order valence-corrected chi connectivity index (χ1v) is 13.5. The second kappa shape index (κ2) is 10.8. The minimum Gasteiger partial charge on any atom is -0.497 e. The van der Waals surface area contributed by atoms with Gasteiger partial charge in [-0.1, -0.05) is 24.6 Å². The van der Waals surface area contributed by atoms with Crippen LogP contribution >= 0.6 is 0 Å². The predicted octanol–water partition coefficient (Wildman–Crippen LogP) is 2.71. The molecule has 0 aromatic heterocycles. The maximum Gasteiger partial charge on any atom is 0.254 e. The lowest BCUT2D eigenvalue weighted by Gasteiger charge is -2.35. The van der Waals surface area contributed by atoms with Crippen molar-refractivity contribution in [2.24, 2.45) is 0 Å². The number of piperidine rings is 1. The second-order valence-corrected chi connectivity index (χ2v) is 11.1. The molecule has 35 heavy (non-hydrogen) atoms. The predicted molar refractivity (Wildman–Crippen MR) is 133 cm³/mol. The van der Waals surface area contributed by atoms with Crippen LogP contribution in [0.1, 0.15) is 40.7 Å². The number of rotatable bonds is 6. The summed E-state index contributed by atoms with van der Waals surface area (Å²) in [4.78, 5) is 29.6. The summed E-state index contributed by atoms with van der Waals surface area (Å²) in [5, 5.41) is 0. The molecule has 0 saturated carbocycles. The fourth-order valence-corrected chi connectivity index (χ4v) is 6.43. The summed E-state index contributed by atoms with van der Waals surface area (Å²) in [6.45, 7) is 4.50. The van der Waals surface area contributed by atoms with Gasteiger partial charge in [-0.05, 0) is 55.2 Å². The summed E-state index contributed by atoms with van der Waals surface area (Å²) in [6, 6.07) is 12.4. The standard InChI is InChI=1S/C26H33N3O5S/c1-20-9-10-22(19-24(20)35(32,33)29-11-4-3-5-12-29)26(31)28-15-13-27(14-16-28)25(30)18-21-7-6-8-23(17-21)34-2/h6-10,17,19H,3-5,11-16,18H2,1-2H3. The normalized spacial score (nSPS) is 17.3. The molecule has 4 rings (SSSR count). The Morgan fingerprint density at radius 2 is 1.57 bits per heavy atom. The van der Waals surface area contributed by atoms with Crippen molar-refractivity contribution < 1.29 is 22.7 Å². The number of methoxy groups -OCH3 is 1. The summed E-state index contributed by atoms with van der Waals surface area (Å²) in [7, 11) is -2.04. The van der Waals surface area contributed by atoms with Crippen molar-refractivity contribution in [3.05, 3.63) is 59.2 Å². The van der Waals surface area contributed by atoms with Gasteiger partial charge in [0.1, 0.15) is 5.75 Å². The zero-order valence-corrected chi connectivity index (χ0v) is 21.2. The molecule has 0 spiro atoms. The summed E-state index contributed by atoms with van der Waals surface area (Å²) < 4.78 is 33.2. The number of hydrogen-bond donors (Lipinski definition) is 0. The van der Waals surface area contributed by atoms with Crippen molar-refractivity contribution in [2.75, 3.05) is 46.4 Å². The minimum atomic E-state index is -3.63. The zero-order chi connectivity index (χ0) is 25.0. The first kappa shape index (κ1) is 25.2. The number of ether oxygens (including phenoxy) is 1. The van der Waals surface area contributed by atoms with Gasteiger partial charge in [-0.2, -0.15) is 4.31 Å². The highest BCUT2D eigenvalue weighted by molar-refractivity contribution is 7.89. The van der Waals surface area contributed by atoms with Gasteiger partial charge in [0.25, 0.3) is 5.91 Å². The SMILES string of the molecule is COc1cccc(CC(=O)N2CCN(C(=O)c3ccc(C)c(S(=O)(=O)N4CCCCC4)c3)CC2)c1. The van der Waals surface area contributed by atoms with Crippen molar-refractivity contribution >= 4 is 21.8 Å². The Morgan fingerprint density at radius 3 is 2.26 bits per heavy atom. The largest absolute Gasteiger partial charge is 0.497 e. The average Bonchev–Trinajstić information content (AvgIpc) is 2.89. The van der Waals surface area contributed by atoms with Crippen LogP contribution in [0.4, 0.5) is 0 Å². The highest BCUT2D eigenvalue weighted by atomic mass is 32.2. The van der Waals surface area contributed by atoms with E-state index in [0.29, 0.717) is 56.1 Å². The Morgan fingerprint density at radius 1 is 0.886 bits per heavy atom. The molecule has 2 amide bonds. The smallest absolute Gasteiger partial charge is 0.254 e. The third-order valence-electron chi connectivity index (χ3n) is 6.78. The highest BCUT2D eigenvalue weighted by Gasteiger charge is 2.30. The van der Waals surface area contributed by atoms with Crippen LogP contribution < -0.4 is 4.74 Å². The maximum atomic E-state index is 13.2. The van der Waals surface area contributed by atoms with Gasteiger partial charge >= 0.3 is 0 Å². The van der Waals surface area contributed by atoms with E-state index in [1.54, 1.807) is 36.0 Å². The molecule has 2 aromatic rings. The van der Waals surface area contributed by atoms with Crippen LogP contribution in [0, 0.1) is 6.92 Å². The van der Waals surface area contributed by atoms with E-state index in [-0.39, 0.29) is 23.1 Å². The molecule has 2 saturated heterocycles. The summed E-state index contributed by atoms with van der Waals surface area (Å²) >= 11 is 0. The topological polar surface area (TPSA) is 87.2 Å². The van der Waals surface area contributed by atoms with Crippen molar-refractivity contribution in [2.45, 2.75) is 37.5 Å². The lowest BCUT2D eigenvalue weighted by Crippen LogP contribution is -2.51. The van der Waals surface area contributed by atoms with Crippen molar-refractivity contribution in [1.82, 2.24) is 14.1 Å². The Hall–Kier alpha value is -2.91. The molecule has 0 N–H and O–H groups in total. The molecule has 2 aliphatic heterocycles. The van der Waals surface area contributed by atoms with Crippen LogP contribution in [0.3, 0.4) is 0 Å². The van der Waals surface area contributed by atoms with Crippen molar-refractivity contribution in [3.63, 3.8) is 0 Å². The molecule has 2 fully saturated rings. The maximum absolute atomic E-state index is 13.2. The number of sulfonamides is 1. The minimum absolute atomic E-state index is 0.00981. The summed E-state index contributed by atoms with van der Waals surface area (Å²) in [6.07, 6.45) is 3.04. The lowest BCUT2D eigenvalue weighted by atomic mass is 10.1. The number of benzene rings is 2. The highest BCUT2D eigenvalue weighted by Crippen LogP contribution is 2.25. The van der Waals surface area contributed by atoms with Gasteiger partial charge in [0.2, 0.25) is 15.9 Å². The van der Waals surface area contributed by atoms with Crippen LogP contribution in [0.2, 0.25) is 0 Å². The van der Waals surface area contributed by atoms with Gasteiger partial charge < -0.3 is 14.5 Å². The second-order valence-electron chi connectivity index (χ2n) is 9.15. The van der Waals surface area contributed by atoms with Crippen LogP contribution in [0.15, 0.2) is 47.4 Å². The third kappa shape index (κ3) is 5.67. The van der Waals surface area contributed by atoms with Crippen molar-refractivity contribution in [3.8, 4) is 5.75 Å². The zero-order valence-electron chi connectivity index (χ0n) is 20.4. The first-order valence-electron chi connectivity index (χ1n) is 12.1. The van der Waals surface area contributed by atoms with E-state index >= 15 is 0 Å². The fourth-order valence-electron chi connectivity index (χ4n) is 4.67. The molecule has 188 valence electrons.